The summed E-state index contributed by atoms with van der Waals surface area (Å²) in [5.74, 6) is -2.84. The third-order valence-electron chi connectivity index (χ3n) is 8.65. The molecule has 9 N–H and O–H groups in total. The van der Waals surface area contributed by atoms with Gasteiger partial charge in [-0.25, -0.2) is 9.59 Å². The molecule has 0 aliphatic heterocycles. The third-order valence-corrected chi connectivity index (χ3v) is 8.65. The number of alkyl carbamates (subject to hydrolysis) is 1. The molecule has 2 unspecified atom stereocenters. The second-order valence-electron chi connectivity index (χ2n) is 13.0. The molecular formula is C39H50N6O9. The Hall–Kier alpha value is -5.96. The lowest BCUT2D eigenvalue weighted by Crippen LogP contribution is -2.54. The number of primary amides is 1. The van der Waals surface area contributed by atoms with E-state index in [1.807, 2.05) is 48.5 Å². The van der Waals surface area contributed by atoms with Crippen LogP contribution in [0.5, 0.6) is 0 Å². The quantitative estimate of drug-likeness (QED) is 0.0829. The number of rotatable bonds is 16. The number of esters is 1. The number of hydrogen-bond donors (Lipinski definition) is 7. The smallest absolute Gasteiger partial charge is 0.407 e. The van der Waals surface area contributed by atoms with Crippen LogP contribution in [0.4, 0.5) is 15.3 Å². The predicted molar refractivity (Wildman–Crippen MR) is 202 cm³/mol. The van der Waals surface area contributed by atoms with Crippen molar-refractivity contribution in [3.8, 4) is 11.1 Å². The topological polar surface area (TPSA) is 241 Å². The Morgan fingerprint density at radius 2 is 1.43 bits per heavy atom. The van der Waals surface area contributed by atoms with Crippen molar-refractivity contribution >= 4 is 41.6 Å². The highest BCUT2D eigenvalue weighted by Crippen LogP contribution is 2.44. The Bertz CT molecular complexity index is 1720. The molecule has 1 aliphatic carbocycles. The highest BCUT2D eigenvalue weighted by Gasteiger charge is 2.32. The molecule has 0 bridgehead atoms. The lowest BCUT2D eigenvalue weighted by atomic mass is 9.98. The molecule has 15 nitrogen and oxygen atoms in total. The summed E-state index contributed by atoms with van der Waals surface area (Å²) in [4.78, 5) is 72.2. The van der Waals surface area contributed by atoms with Crippen LogP contribution in [0.15, 0.2) is 72.8 Å². The van der Waals surface area contributed by atoms with Crippen LogP contribution in [0, 0.1) is 5.92 Å². The molecule has 0 radical (unpaired) electrons. The predicted octanol–water partition coefficient (Wildman–Crippen LogP) is 3.65. The van der Waals surface area contributed by atoms with E-state index in [0.29, 0.717) is 12.1 Å². The summed E-state index contributed by atoms with van der Waals surface area (Å²) < 4.78 is 10.3. The normalized spacial score (nSPS) is 13.1. The minimum atomic E-state index is -1.01. The standard InChI is InChI=1S/C36H44N6O7.C3H6O2/c1-21(2)31(42-36(47)49-20-28-26-11-6-4-9-24(26)25-10-5-7-12-27(25)28)33(44)41-30(13-8-18-39-35(38)46)32(43)40-23-16-14-22(15-17-23)19-29(37)34(45)48-3;1-2-3(4)5/h4-7,9-12,14-17,21,28-31H,8,13,18-20,37H2,1-3H3,(H,40,43)(H,41,44)(H,42,47)(H3,38,39,46);2H2,1H3,(H,4,5)/t29?,30-,31?;/m0./s1. The van der Waals surface area contributed by atoms with Crippen molar-refractivity contribution in [3.05, 3.63) is 89.5 Å². The maximum absolute atomic E-state index is 13.5. The van der Waals surface area contributed by atoms with Crippen LogP contribution in [0.1, 0.15) is 62.6 Å². The first-order chi connectivity index (χ1) is 25.7. The van der Waals surface area contributed by atoms with E-state index in [9.17, 15) is 28.8 Å². The van der Waals surface area contributed by atoms with E-state index in [2.05, 4.69) is 26.0 Å². The molecule has 1 aliphatic rings. The first kappa shape index (κ1) is 42.5. The summed E-state index contributed by atoms with van der Waals surface area (Å²) in [6.07, 6.45) is 0.214. The number of ether oxygens (including phenoxy) is 2. The number of hydrogen-bond acceptors (Lipinski definition) is 9. The number of methoxy groups -OCH3 is 1. The van der Waals surface area contributed by atoms with Crippen LogP contribution in [0.3, 0.4) is 0 Å². The van der Waals surface area contributed by atoms with Gasteiger partial charge >= 0.3 is 24.1 Å². The van der Waals surface area contributed by atoms with Crippen LogP contribution in [-0.4, -0.2) is 79.4 Å². The van der Waals surface area contributed by atoms with Crippen LogP contribution in [-0.2, 0) is 35.1 Å². The summed E-state index contributed by atoms with van der Waals surface area (Å²) in [6, 6.07) is 19.2. The molecule has 5 amide bonds. The zero-order valence-electron chi connectivity index (χ0n) is 30.9. The molecule has 290 valence electrons. The van der Waals surface area contributed by atoms with Gasteiger partial charge in [-0.15, -0.1) is 0 Å². The minimum absolute atomic E-state index is 0.0810. The number of fused-ring (bicyclic) bond motifs is 3. The Morgan fingerprint density at radius 1 is 0.852 bits per heavy atom. The Labute approximate surface area is 314 Å². The molecular weight excluding hydrogens is 696 g/mol. The Morgan fingerprint density at radius 3 is 1.94 bits per heavy atom. The number of benzene rings is 3. The van der Waals surface area contributed by atoms with Gasteiger partial charge in [-0.3, -0.25) is 19.2 Å². The van der Waals surface area contributed by atoms with E-state index in [4.69, 9.17) is 21.3 Å². The summed E-state index contributed by atoms with van der Waals surface area (Å²) in [5, 5.41) is 18.4. The van der Waals surface area contributed by atoms with Gasteiger partial charge in [0, 0.05) is 24.6 Å². The van der Waals surface area contributed by atoms with Gasteiger partial charge in [0.2, 0.25) is 11.8 Å². The van der Waals surface area contributed by atoms with E-state index in [-0.39, 0.29) is 44.2 Å². The molecule has 54 heavy (non-hydrogen) atoms. The van der Waals surface area contributed by atoms with Crippen molar-refractivity contribution in [3.63, 3.8) is 0 Å². The van der Waals surface area contributed by atoms with Crippen molar-refractivity contribution in [2.24, 2.45) is 17.4 Å². The largest absolute Gasteiger partial charge is 0.481 e. The fraction of sp³-hybridized carbons (Fsp3) is 0.385. The van der Waals surface area contributed by atoms with Crippen molar-refractivity contribution < 1.29 is 43.3 Å². The van der Waals surface area contributed by atoms with Crippen molar-refractivity contribution in [2.45, 2.75) is 70.5 Å². The van der Waals surface area contributed by atoms with Crippen LogP contribution >= 0.6 is 0 Å². The number of carboxylic acids is 1. The van der Waals surface area contributed by atoms with Gasteiger partial charge in [0.1, 0.15) is 24.7 Å². The molecule has 15 heteroatoms. The monoisotopic (exact) mass is 746 g/mol. The number of carbonyl (C=O) groups excluding carboxylic acids is 5. The van der Waals surface area contributed by atoms with Gasteiger partial charge in [-0.1, -0.05) is 81.4 Å². The summed E-state index contributed by atoms with van der Waals surface area (Å²) in [7, 11) is 1.26. The molecule has 3 aromatic carbocycles. The van der Waals surface area contributed by atoms with Gasteiger partial charge in [-0.2, -0.15) is 0 Å². The highest BCUT2D eigenvalue weighted by atomic mass is 16.5. The SMILES string of the molecule is CCC(=O)O.COC(=O)C(N)Cc1ccc(NC(=O)[C@H](CCCNC(N)=O)NC(=O)C(NC(=O)OCC2c3ccccc3-c3ccccc32)C(C)C)cc1. The van der Waals surface area contributed by atoms with Crippen LogP contribution in [0.25, 0.3) is 11.1 Å². The lowest BCUT2D eigenvalue weighted by Gasteiger charge is -2.25. The van der Waals surface area contributed by atoms with Gasteiger partial charge in [0.05, 0.1) is 7.11 Å². The molecule has 0 saturated carbocycles. The third kappa shape index (κ3) is 12.6. The van der Waals surface area contributed by atoms with E-state index in [1.54, 1.807) is 45.0 Å². The number of carbonyl (C=O) groups is 6. The number of amides is 5. The van der Waals surface area contributed by atoms with Gasteiger partial charge in [0.25, 0.3) is 0 Å². The first-order valence-electron chi connectivity index (χ1n) is 17.7. The summed E-state index contributed by atoms with van der Waals surface area (Å²) in [5.41, 5.74) is 16.5. The number of anilines is 1. The molecule has 0 fully saturated rings. The van der Waals surface area contributed by atoms with Gasteiger partial charge in [-0.05, 0) is 65.1 Å². The molecule has 3 aromatic rings. The second kappa shape index (κ2) is 20.9. The van der Waals surface area contributed by atoms with Crippen molar-refractivity contribution in [1.29, 1.82) is 0 Å². The molecule has 0 saturated heterocycles. The molecule has 0 heterocycles. The average Bonchev–Trinajstić information content (AvgIpc) is 3.47. The molecule has 0 aromatic heterocycles. The van der Waals surface area contributed by atoms with Gasteiger partial charge < -0.3 is 47.3 Å². The maximum atomic E-state index is 13.5. The highest BCUT2D eigenvalue weighted by molar-refractivity contribution is 5.98. The number of urea groups is 1. The maximum Gasteiger partial charge on any atom is 0.407 e. The van der Waals surface area contributed by atoms with E-state index < -0.39 is 54.0 Å². The van der Waals surface area contributed by atoms with Crippen molar-refractivity contribution in [1.82, 2.24) is 16.0 Å². The fourth-order valence-electron chi connectivity index (χ4n) is 5.79. The lowest BCUT2D eigenvalue weighted by molar-refractivity contribution is -0.142. The minimum Gasteiger partial charge on any atom is -0.481 e. The molecule has 3 atom stereocenters. The molecule has 4 rings (SSSR count). The van der Waals surface area contributed by atoms with Crippen LogP contribution in [0.2, 0.25) is 0 Å². The van der Waals surface area contributed by atoms with Crippen LogP contribution < -0.4 is 32.7 Å². The first-order valence-corrected chi connectivity index (χ1v) is 17.7. The van der Waals surface area contributed by atoms with E-state index in [1.165, 1.54) is 7.11 Å². The second-order valence-corrected chi connectivity index (χ2v) is 13.0. The van der Waals surface area contributed by atoms with Gasteiger partial charge in [0.15, 0.2) is 0 Å². The zero-order chi connectivity index (χ0) is 39.8. The Balaban J connectivity index is 0.00000147. The fourth-order valence-corrected chi connectivity index (χ4v) is 5.79. The summed E-state index contributed by atoms with van der Waals surface area (Å²) >= 11 is 0. The van der Waals surface area contributed by atoms with E-state index >= 15 is 0 Å². The molecule has 0 spiro atoms. The number of nitrogens with two attached hydrogens (primary N) is 2. The van der Waals surface area contributed by atoms with Crippen molar-refractivity contribution in [2.75, 3.05) is 25.6 Å². The van der Waals surface area contributed by atoms with E-state index in [0.717, 1.165) is 27.8 Å². The number of nitrogens with one attached hydrogen (secondary N) is 4. The zero-order valence-corrected chi connectivity index (χ0v) is 30.9. The summed E-state index contributed by atoms with van der Waals surface area (Å²) in [6.45, 7) is 5.41. The Kier molecular flexibility index (Phi) is 16.4. The number of aliphatic carboxylic acids is 1. The average molecular weight is 747 g/mol. The number of carboxylic acid groups (broad SMARTS) is 1.